The number of nitrogens with zero attached hydrogens (tertiary/aromatic N) is 5. The van der Waals surface area contributed by atoms with Crippen LogP contribution in [0.5, 0.6) is 0 Å². The second-order valence-electron chi connectivity index (χ2n) is 7.12. The molecule has 1 fully saturated rings. The number of halogens is 3. The summed E-state index contributed by atoms with van der Waals surface area (Å²) < 4.78 is 27.6. The maximum atomic E-state index is 13.3. The van der Waals surface area contributed by atoms with Crippen molar-refractivity contribution in [1.29, 1.82) is 0 Å². The molecule has 1 aromatic carbocycles. The van der Waals surface area contributed by atoms with Crippen molar-refractivity contribution in [3.63, 3.8) is 0 Å². The smallest absolute Gasteiger partial charge is 0.280 e. The molecule has 6 nitrogen and oxygen atoms in total. The number of aromatic nitrogens is 3. The molecule has 152 valence electrons. The summed E-state index contributed by atoms with van der Waals surface area (Å²) in [6, 6.07) is 9.01. The number of carbonyl (C=O) groups is 1. The third kappa shape index (κ3) is 4.09. The molecule has 0 bridgehead atoms. The van der Waals surface area contributed by atoms with Crippen LogP contribution in [-0.2, 0) is 6.54 Å². The zero-order valence-electron chi connectivity index (χ0n) is 15.9. The van der Waals surface area contributed by atoms with Crippen LogP contribution in [0.25, 0.3) is 5.65 Å². The van der Waals surface area contributed by atoms with E-state index in [4.69, 9.17) is 11.6 Å². The first-order valence-corrected chi connectivity index (χ1v) is 9.69. The molecule has 0 N–H and O–H groups in total. The van der Waals surface area contributed by atoms with E-state index in [2.05, 4.69) is 15.0 Å². The van der Waals surface area contributed by atoms with E-state index in [1.165, 1.54) is 12.3 Å². The third-order valence-corrected chi connectivity index (χ3v) is 5.27. The minimum absolute atomic E-state index is 0.173. The van der Waals surface area contributed by atoms with E-state index < -0.39 is 6.43 Å². The number of hydrogen-bond acceptors (Lipinski definition) is 4. The first-order valence-electron chi connectivity index (χ1n) is 9.32. The Morgan fingerprint density at radius 3 is 2.66 bits per heavy atom. The molecule has 0 atom stereocenters. The molecule has 1 aliphatic rings. The van der Waals surface area contributed by atoms with Gasteiger partial charge in [-0.3, -0.25) is 9.69 Å². The Bertz CT molecular complexity index is 1050. The SMILES string of the molecule is Cc1cc(C(F)F)n2ncc(C(=O)N3CCN(Cc4cccc(Cl)c4)CC3)c2n1. The molecule has 0 saturated carbocycles. The maximum absolute atomic E-state index is 13.3. The molecule has 3 aromatic rings. The van der Waals surface area contributed by atoms with Gasteiger partial charge in [0.05, 0.1) is 6.20 Å². The molecule has 1 saturated heterocycles. The Balaban J connectivity index is 1.47. The van der Waals surface area contributed by atoms with Crippen molar-refractivity contribution in [3.05, 3.63) is 64.1 Å². The van der Waals surface area contributed by atoms with Crippen LogP contribution in [0.1, 0.15) is 33.7 Å². The van der Waals surface area contributed by atoms with Crippen molar-refractivity contribution in [2.24, 2.45) is 0 Å². The lowest BCUT2D eigenvalue weighted by Crippen LogP contribution is -2.48. The Hall–Kier alpha value is -2.58. The fraction of sp³-hybridized carbons (Fsp3) is 0.350. The lowest BCUT2D eigenvalue weighted by molar-refractivity contribution is 0.0630. The van der Waals surface area contributed by atoms with E-state index >= 15 is 0 Å². The molecule has 3 heterocycles. The topological polar surface area (TPSA) is 53.7 Å². The predicted octanol–water partition coefficient (Wildman–Crippen LogP) is 3.59. The number of fused-ring (bicyclic) bond motifs is 1. The molecule has 0 spiro atoms. The Morgan fingerprint density at radius 1 is 1.21 bits per heavy atom. The van der Waals surface area contributed by atoms with Gasteiger partial charge in [0.15, 0.2) is 5.65 Å². The van der Waals surface area contributed by atoms with Crippen molar-refractivity contribution >= 4 is 23.2 Å². The van der Waals surface area contributed by atoms with Gasteiger partial charge in [-0.05, 0) is 30.7 Å². The van der Waals surface area contributed by atoms with E-state index in [-0.39, 0.29) is 22.8 Å². The van der Waals surface area contributed by atoms with Gasteiger partial charge in [-0.2, -0.15) is 5.10 Å². The maximum Gasteiger partial charge on any atom is 0.280 e. The average molecular weight is 420 g/mol. The van der Waals surface area contributed by atoms with Crippen LogP contribution in [0.2, 0.25) is 5.02 Å². The van der Waals surface area contributed by atoms with Gasteiger partial charge in [-0.1, -0.05) is 23.7 Å². The molecule has 0 radical (unpaired) electrons. The van der Waals surface area contributed by atoms with Gasteiger partial charge >= 0.3 is 0 Å². The summed E-state index contributed by atoms with van der Waals surface area (Å²) in [7, 11) is 0. The molecule has 0 aliphatic carbocycles. The molecular weight excluding hydrogens is 400 g/mol. The van der Waals surface area contributed by atoms with Crippen molar-refractivity contribution in [2.75, 3.05) is 26.2 Å². The van der Waals surface area contributed by atoms with Crippen LogP contribution >= 0.6 is 11.6 Å². The lowest BCUT2D eigenvalue weighted by Gasteiger charge is -2.34. The van der Waals surface area contributed by atoms with Crippen molar-refractivity contribution in [1.82, 2.24) is 24.4 Å². The summed E-state index contributed by atoms with van der Waals surface area (Å²) >= 11 is 6.04. The van der Waals surface area contributed by atoms with Crippen LogP contribution in [0.3, 0.4) is 0 Å². The van der Waals surface area contributed by atoms with Gasteiger partial charge in [-0.15, -0.1) is 0 Å². The van der Waals surface area contributed by atoms with E-state index in [1.54, 1.807) is 11.8 Å². The fourth-order valence-corrected chi connectivity index (χ4v) is 3.81. The summed E-state index contributed by atoms with van der Waals surface area (Å²) in [6.45, 7) is 4.91. The molecular formula is C20H20ClF2N5O. The molecule has 1 aliphatic heterocycles. The predicted molar refractivity (Wildman–Crippen MR) is 105 cm³/mol. The van der Waals surface area contributed by atoms with E-state index in [0.717, 1.165) is 16.6 Å². The Morgan fingerprint density at radius 2 is 1.97 bits per heavy atom. The van der Waals surface area contributed by atoms with Gasteiger partial charge in [-0.25, -0.2) is 18.3 Å². The van der Waals surface area contributed by atoms with E-state index in [1.807, 2.05) is 24.3 Å². The number of amides is 1. The zero-order chi connectivity index (χ0) is 20.5. The monoisotopic (exact) mass is 419 g/mol. The third-order valence-electron chi connectivity index (χ3n) is 5.04. The summed E-state index contributed by atoms with van der Waals surface area (Å²) in [5.74, 6) is -0.235. The molecule has 9 heteroatoms. The van der Waals surface area contributed by atoms with Gasteiger partial charge in [0.25, 0.3) is 12.3 Å². The number of aryl methyl sites for hydroxylation is 1. The van der Waals surface area contributed by atoms with Crippen molar-refractivity contribution in [3.8, 4) is 0 Å². The van der Waals surface area contributed by atoms with Crippen molar-refractivity contribution < 1.29 is 13.6 Å². The second kappa shape index (κ2) is 8.04. The largest absolute Gasteiger partial charge is 0.336 e. The van der Waals surface area contributed by atoms with Crippen LogP contribution in [0.4, 0.5) is 8.78 Å². The quantitative estimate of drug-likeness (QED) is 0.648. The Kier molecular flexibility index (Phi) is 5.47. The lowest BCUT2D eigenvalue weighted by atomic mass is 10.2. The van der Waals surface area contributed by atoms with E-state index in [9.17, 15) is 13.6 Å². The van der Waals surface area contributed by atoms with Crippen LogP contribution < -0.4 is 0 Å². The summed E-state index contributed by atoms with van der Waals surface area (Å²) in [5, 5.41) is 4.68. The number of piperazine rings is 1. The van der Waals surface area contributed by atoms with Gasteiger partial charge in [0.2, 0.25) is 0 Å². The standard InChI is InChI=1S/C20H20ClF2N5O/c1-13-9-17(18(22)23)28-19(25-13)16(11-24-28)20(29)27-7-5-26(6-8-27)12-14-3-2-4-15(21)10-14/h2-4,9-11,18H,5-8,12H2,1H3. The number of alkyl halides is 2. The molecule has 1 amide bonds. The van der Waals surface area contributed by atoms with Crippen LogP contribution in [-0.4, -0.2) is 56.5 Å². The van der Waals surface area contributed by atoms with E-state index in [0.29, 0.717) is 36.9 Å². The average Bonchev–Trinajstić information content (AvgIpc) is 3.11. The minimum Gasteiger partial charge on any atom is -0.336 e. The first kappa shape index (κ1) is 19.7. The summed E-state index contributed by atoms with van der Waals surface area (Å²) in [4.78, 5) is 21.2. The number of benzene rings is 1. The molecule has 4 rings (SSSR count). The normalized spacial score (nSPS) is 15.4. The van der Waals surface area contributed by atoms with Gasteiger partial charge in [0, 0.05) is 43.4 Å². The molecule has 29 heavy (non-hydrogen) atoms. The molecule has 2 aromatic heterocycles. The van der Waals surface area contributed by atoms with Crippen LogP contribution in [0.15, 0.2) is 36.5 Å². The number of hydrogen-bond donors (Lipinski definition) is 0. The number of carbonyl (C=O) groups excluding carboxylic acids is 1. The minimum atomic E-state index is -2.70. The van der Waals surface area contributed by atoms with Gasteiger partial charge < -0.3 is 4.90 Å². The highest BCUT2D eigenvalue weighted by Crippen LogP contribution is 2.23. The summed E-state index contributed by atoms with van der Waals surface area (Å²) in [6.07, 6.45) is -1.37. The molecule has 0 unspecified atom stereocenters. The van der Waals surface area contributed by atoms with Gasteiger partial charge in [0.1, 0.15) is 11.3 Å². The van der Waals surface area contributed by atoms with Crippen molar-refractivity contribution in [2.45, 2.75) is 19.9 Å². The van der Waals surface area contributed by atoms with Crippen LogP contribution in [0, 0.1) is 6.92 Å². The highest BCUT2D eigenvalue weighted by atomic mass is 35.5. The second-order valence-corrected chi connectivity index (χ2v) is 7.55. The first-order chi connectivity index (χ1) is 13.9. The summed E-state index contributed by atoms with van der Waals surface area (Å²) in [5.41, 5.74) is 1.70. The fourth-order valence-electron chi connectivity index (χ4n) is 3.59. The Labute approximate surface area is 171 Å². The highest BCUT2D eigenvalue weighted by molar-refractivity contribution is 6.30. The number of rotatable bonds is 4. The highest BCUT2D eigenvalue weighted by Gasteiger charge is 2.26. The zero-order valence-corrected chi connectivity index (χ0v) is 16.6.